The molecule has 0 saturated carbocycles. The molecule has 0 aliphatic carbocycles. The predicted molar refractivity (Wildman–Crippen MR) is 94.6 cm³/mol. The van der Waals surface area contributed by atoms with Crippen LogP contribution < -0.4 is 5.32 Å². The van der Waals surface area contributed by atoms with Crippen LogP contribution in [0.25, 0.3) is 0 Å². The number of aromatic nitrogens is 2. The number of rotatable bonds is 5. The van der Waals surface area contributed by atoms with Crippen molar-refractivity contribution in [2.24, 2.45) is 0 Å². The molecule has 0 bridgehead atoms. The first-order valence-corrected chi connectivity index (χ1v) is 8.89. The van der Waals surface area contributed by atoms with Crippen molar-refractivity contribution in [2.45, 2.75) is 10.8 Å². The van der Waals surface area contributed by atoms with Gasteiger partial charge in [-0.1, -0.05) is 18.2 Å². The number of aromatic hydroxyl groups is 1. The molecule has 0 spiro atoms. The molecule has 1 atom stereocenters. The lowest BCUT2D eigenvalue weighted by Gasteiger charge is -2.06. The highest BCUT2D eigenvalue weighted by atomic mass is 32.2. The Morgan fingerprint density at radius 3 is 2.54 bits per heavy atom. The molecule has 2 heterocycles. The second-order valence-corrected chi connectivity index (χ2v) is 6.72. The maximum atomic E-state index is 12.8. The van der Waals surface area contributed by atoms with Crippen LogP contribution in [0, 0.1) is 5.82 Å². The van der Waals surface area contributed by atoms with Gasteiger partial charge in [-0.2, -0.15) is 0 Å². The number of anilines is 1. The monoisotopic (exact) mass is 371 g/mol. The Morgan fingerprint density at radius 2 is 1.88 bits per heavy atom. The fourth-order valence-electron chi connectivity index (χ4n) is 2.14. The number of carbonyl (C=O) groups is 1. The third kappa shape index (κ3) is 4.28. The first kappa shape index (κ1) is 17.7. The van der Waals surface area contributed by atoms with Gasteiger partial charge in [-0.05, 0) is 30.3 Å². The van der Waals surface area contributed by atoms with Crippen molar-refractivity contribution in [3.63, 3.8) is 0 Å². The van der Waals surface area contributed by atoms with E-state index in [1.54, 1.807) is 18.2 Å². The van der Waals surface area contributed by atoms with E-state index in [0.717, 1.165) is 6.20 Å². The minimum Gasteiger partial charge on any atom is -0.508 e. The summed E-state index contributed by atoms with van der Waals surface area (Å²) in [5, 5.41) is 12.6. The van der Waals surface area contributed by atoms with E-state index in [1.807, 2.05) is 0 Å². The maximum absolute atomic E-state index is 12.8. The summed E-state index contributed by atoms with van der Waals surface area (Å²) < 4.78 is 25.2. The van der Waals surface area contributed by atoms with Crippen molar-refractivity contribution in [1.29, 1.82) is 0 Å². The molecule has 26 heavy (non-hydrogen) atoms. The number of hydrogen-bond acceptors (Lipinski definition) is 5. The van der Waals surface area contributed by atoms with E-state index in [-0.39, 0.29) is 22.9 Å². The number of para-hydroxylation sites is 1. The number of benzene rings is 1. The molecule has 6 nitrogen and oxygen atoms in total. The molecule has 132 valence electrons. The van der Waals surface area contributed by atoms with E-state index < -0.39 is 22.5 Å². The second kappa shape index (κ2) is 7.83. The topological polar surface area (TPSA) is 92.2 Å². The molecule has 1 unspecified atom stereocenters. The number of hydrogen-bond donors (Lipinski definition) is 2. The Morgan fingerprint density at radius 1 is 1.08 bits per heavy atom. The van der Waals surface area contributed by atoms with Gasteiger partial charge in [0.25, 0.3) is 5.91 Å². The van der Waals surface area contributed by atoms with Crippen LogP contribution in [-0.2, 0) is 16.6 Å². The highest BCUT2D eigenvalue weighted by molar-refractivity contribution is 7.84. The number of halogens is 1. The van der Waals surface area contributed by atoms with Crippen LogP contribution in [0.4, 0.5) is 10.2 Å². The molecule has 0 aliphatic heterocycles. The quantitative estimate of drug-likeness (QED) is 0.719. The smallest absolute Gasteiger partial charge is 0.258 e. The number of carbonyl (C=O) groups excluding carboxylic acids is 1. The zero-order valence-electron chi connectivity index (χ0n) is 13.4. The highest BCUT2D eigenvalue weighted by Gasteiger charge is 2.12. The van der Waals surface area contributed by atoms with Gasteiger partial charge in [0, 0.05) is 11.8 Å². The van der Waals surface area contributed by atoms with Gasteiger partial charge in [-0.15, -0.1) is 0 Å². The molecular weight excluding hydrogens is 357 g/mol. The number of phenols is 1. The number of pyridine rings is 2. The Kier molecular flexibility index (Phi) is 5.33. The normalized spacial score (nSPS) is 11.7. The SMILES string of the molecule is O=C(Nc1ccc(F)cn1)c1ccc(S(=O)Cc2ccccc2O)nc1. The van der Waals surface area contributed by atoms with Crippen LogP contribution in [0.1, 0.15) is 15.9 Å². The van der Waals surface area contributed by atoms with Gasteiger partial charge >= 0.3 is 0 Å². The molecule has 8 heteroatoms. The minimum absolute atomic E-state index is 0.0728. The van der Waals surface area contributed by atoms with Crippen molar-refractivity contribution < 1.29 is 18.5 Å². The van der Waals surface area contributed by atoms with Crippen LogP contribution in [0.2, 0.25) is 0 Å². The molecule has 2 aromatic heterocycles. The molecule has 1 amide bonds. The van der Waals surface area contributed by atoms with E-state index in [9.17, 15) is 18.5 Å². The lowest BCUT2D eigenvalue weighted by molar-refractivity contribution is 0.102. The highest BCUT2D eigenvalue weighted by Crippen LogP contribution is 2.19. The standard InChI is InChI=1S/C18H14FN3O3S/c19-14-6-7-16(20-10-14)22-18(24)12-5-8-17(21-9-12)26(25)11-13-3-1-2-4-15(13)23/h1-10,23H,11H2,(H,20,22,24). The summed E-state index contributed by atoms with van der Waals surface area (Å²) in [7, 11) is -1.46. The van der Waals surface area contributed by atoms with E-state index in [1.165, 1.54) is 36.5 Å². The van der Waals surface area contributed by atoms with Gasteiger partial charge in [-0.25, -0.2) is 14.4 Å². The average molecular weight is 371 g/mol. The number of nitrogens with zero attached hydrogens (tertiary/aromatic N) is 2. The van der Waals surface area contributed by atoms with Crippen LogP contribution in [-0.4, -0.2) is 25.2 Å². The Bertz CT molecular complexity index is 947. The van der Waals surface area contributed by atoms with Crippen LogP contribution in [0.15, 0.2) is 66.0 Å². The molecule has 0 saturated heterocycles. The first-order valence-electron chi connectivity index (χ1n) is 7.57. The van der Waals surface area contributed by atoms with Gasteiger partial charge in [-0.3, -0.25) is 9.00 Å². The van der Waals surface area contributed by atoms with Crippen molar-refractivity contribution in [2.75, 3.05) is 5.32 Å². The molecular formula is C18H14FN3O3S. The molecule has 0 fully saturated rings. The molecule has 0 radical (unpaired) electrons. The second-order valence-electron chi connectivity index (χ2n) is 5.32. The summed E-state index contributed by atoms with van der Waals surface area (Å²) in [4.78, 5) is 19.9. The van der Waals surface area contributed by atoms with Crippen molar-refractivity contribution >= 4 is 22.5 Å². The molecule has 2 N–H and O–H groups in total. The van der Waals surface area contributed by atoms with Gasteiger partial charge in [0.1, 0.15) is 22.4 Å². The minimum atomic E-state index is -1.46. The van der Waals surface area contributed by atoms with Gasteiger partial charge < -0.3 is 10.4 Å². The van der Waals surface area contributed by atoms with Crippen LogP contribution in [0.5, 0.6) is 5.75 Å². The molecule has 3 rings (SSSR count). The molecule has 0 aliphatic rings. The van der Waals surface area contributed by atoms with E-state index in [4.69, 9.17) is 0 Å². The Balaban J connectivity index is 1.67. The zero-order chi connectivity index (χ0) is 18.5. The zero-order valence-corrected chi connectivity index (χ0v) is 14.2. The largest absolute Gasteiger partial charge is 0.508 e. The average Bonchev–Trinajstić information content (AvgIpc) is 2.65. The van der Waals surface area contributed by atoms with Crippen molar-refractivity contribution in [3.8, 4) is 5.75 Å². The van der Waals surface area contributed by atoms with E-state index in [2.05, 4.69) is 15.3 Å². The number of amides is 1. The third-order valence-corrected chi connectivity index (χ3v) is 4.76. The summed E-state index contributed by atoms with van der Waals surface area (Å²) in [6.45, 7) is 0. The van der Waals surface area contributed by atoms with Crippen molar-refractivity contribution in [1.82, 2.24) is 9.97 Å². The summed E-state index contributed by atoms with van der Waals surface area (Å²) in [6, 6.07) is 12.1. The van der Waals surface area contributed by atoms with E-state index >= 15 is 0 Å². The first-order chi connectivity index (χ1) is 12.5. The van der Waals surface area contributed by atoms with E-state index in [0.29, 0.717) is 10.6 Å². The number of nitrogens with one attached hydrogen (secondary N) is 1. The predicted octanol–water partition coefficient (Wildman–Crippen LogP) is 2.88. The fourth-order valence-corrected chi connectivity index (χ4v) is 3.20. The summed E-state index contributed by atoms with van der Waals surface area (Å²) >= 11 is 0. The fraction of sp³-hybridized carbons (Fsp3) is 0.0556. The number of phenolic OH excluding ortho intramolecular Hbond substituents is 1. The lowest BCUT2D eigenvalue weighted by atomic mass is 10.2. The summed E-state index contributed by atoms with van der Waals surface area (Å²) in [5.74, 6) is -0.562. The molecule has 3 aromatic rings. The maximum Gasteiger partial charge on any atom is 0.258 e. The van der Waals surface area contributed by atoms with Gasteiger partial charge in [0.05, 0.1) is 28.3 Å². The van der Waals surface area contributed by atoms with Gasteiger partial charge in [0.2, 0.25) is 0 Å². The Labute approximate surface area is 151 Å². The third-order valence-electron chi connectivity index (χ3n) is 3.48. The van der Waals surface area contributed by atoms with Crippen LogP contribution >= 0.6 is 0 Å². The lowest BCUT2D eigenvalue weighted by Crippen LogP contribution is -2.13. The van der Waals surface area contributed by atoms with Gasteiger partial charge in [0.15, 0.2) is 0 Å². The summed E-state index contributed by atoms with van der Waals surface area (Å²) in [6.07, 6.45) is 2.30. The van der Waals surface area contributed by atoms with Crippen LogP contribution in [0.3, 0.4) is 0 Å². The van der Waals surface area contributed by atoms with Crippen molar-refractivity contribution in [3.05, 3.63) is 77.9 Å². The summed E-state index contributed by atoms with van der Waals surface area (Å²) in [5.41, 5.74) is 0.802. The molecule has 1 aromatic carbocycles. The Hall–Kier alpha value is -3.13.